The van der Waals surface area contributed by atoms with Crippen molar-refractivity contribution in [3.63, 3.8) is 0 Å². The fourth-order valence-corrected chi connectivity index (χ4v) is 1.85. The van der Waals surface area contributed by atoms with Crippen molar-refractivity contribution in [2.45, 2.75) is 6.92 Å². The van der Waals surface area contributed by atoms with Crippen molar-refractivity contribution >= 4 is 5.65 Å². The minimum Gasteiger partial charge on any atom is -0.265 e. The van der Waals surface area contributed by atoms with Gasteiger partial charge in [-0.05, 0) is 31.2 Å². The third-order valence-corrected chi connectivity index (χ3v) is 2.73. The Bertz CT molecular complexity index is 752. The van der Waals surface area contributed by atoms with Gasteiger partial charge in [-0.3, -0.25) is 4.98 Å². The van der Waals surface area contributed by atoms with Crippen LogP contribution in [0.5, 0.6) is 0 Å². The van der Waals surface area contributed by atoms with Crippen molar-refractivity contribution < 1.29 is 0 Å². The molecule has 0 unspecified atom stereocenters. The molecule has 0 radical (unpaired) electrons. The summed E-state index contributed by atoms with van der Waals surface area (Å²) in [5.41, 5.74) is 3.60. The topological polar surface area (TPSA) is 66.9 Å². The number of hydrogen-bond acceptors (Lipinski definition) is 4. The zero-order valence-electron chi connectivity index (χ0n) is 9.70. The molecule has 5 heteroatoms. The molecule has 0 N–H and O–H groups in total. The van der Waals surface area contributed by atoms with Gasteiger partial charge in [-0.25, -0.2) is 9.50 Å². The molecule has 3 heterocycles. The summed E-state index contributed by atoms with van der Waals surface area (Å²) >= 11 is 0. The van der Waals surface area contributed by atoms with E-state index in [1.165, 1.54) is 0 Å². The monoisotopic (exact) mass is 235 g/mol. The number of hydrogen-bond donors (Lipinski definition) is 0. The number of rotatable bonds is 1. The van der Waals surface area contributed by atoms with Crippen molar-refractivity contribution in [2.75, 3.05) is 0 Å². The molecule has 0 bridgehead atoms. The van der Waals surface area contributed by atoms with Gasteiger partial charge in [-0.15, -0.1) is 0 Å². The fourth-order valence-electron chi connectivity index (χ4n) is 1.85. The quantitative estimate of drug-likeness (QED) is 0.646. The Morgan fingerprint density at radius 1 is 1.17 bits per heavy atom. The van der Waals surface area contributed by atoms with Crippen molar-refractivity contribution in [2.24, 2.45) is 0 Å². The van der Waals surface area contributed by atoms with Crippen LogP contribution in [0.2, 0.25) is 0 Å². The molecule has 0 atom stereocenters. The van der Waals surface area contributed by atoms with Gasteiger partial charge in [0.25, 0.3) is 0 Å². The number of aromatic nitrogens is 4. The lowest BCUT2D eigenvalue weighted by Crippen LogP contribution is -1.97. The van der Waals surface area contributed by atoms with E-state index in [0.717, 1.165) is 11.3 Å². The number of aryl methyl sites for hydroxylation is 1. The lowest BCUT2D eigenvalue weighted by atomic mass is 10.2. The van der Waals surface area contributed by atoms with Gasteiger partial charge in [0.15, 0.2) is 11.3 Å². The fraction of sp³-hybridized carbons (Fsp3) is 0.0769. The normalized spacial score (nSPS) is 10.4. The van der Waals surface area contributed by atoms with E-state index >= 15 is 0 Å². The number of nitrogens with zero attached hydrogens (tertiary/aromatic N) is 5. The minimum absolute atomic E-state index is 0.473. The van der Waals surface area contributed by atoms with Crippen molar-refractivity contribution in [1.29, 1.82) is 5.26 Å². The average molecular weight is 235 g/mol. The van der Waals surface area contributed by atoms with E-state index in [2.05, 4.69) is 21.1 Å². The molecule has 0 aliphatic carbocycles. The van der Waals surface area contributed by atoms with Gasteiger partial charge in [0.2, 0.25) is 0 Å². The first-order valence-electron chi connectivity index (χ1n) is 5.46. The predicted octanol–water partition coefficient (Wildman–Crippen LogP) is 1.97. The summed E-state index contributed by atoms with van der Waals surface area (Å²) < 4.78 is 1.57. The van der Waals surface area contributed by atoms with Crippen LogP contribution in [0.4, 0.5) is 0 Å². The minimum atomic E-state index is 0.473. The molecule has 0 spiro atoms. The van der Waals surface area contributed by atoms with Crippen LogP contribution < -0.4 is 0 Å². The summed E-state index contributed by atoms with van der Waals surface area (Å²) in [4.78, 5) is 8.26. The summed E-state index contributed by atoms with van der Waals surface area (Å²) in [7, 11) is 0. The van der Waals surface area contributed by atoms with E-state index in [-0.39, 0.29) is 0 Å². The summed E-state index contributed by atoms with van der Waals surface area (Å²) in [5.74, 6) is 0. The van der Waals surface area contributed by atoms with Gasteiger partial charge in [-0.1, -0.05) is 0 Å². The highest BCUT2D eigenvalue weighted by molar-refractivity contribution is 5.60. The van der Waals surface area contributed by atoms with E-state index < -0.39 is 0 Å². The van der Waals surface area contributed by atoms with Gasteiger partial charge >= 0.3 is 0 Å². The molecule has 18 heavy (non-hydrogen) atoms. The molecule has 0 aromatic carbocycles. The first kappa shape index (κ1) is 10.4. The first-order chi connectivity index (χ1) is 8.79. The molecule has 0 saturated carbocycles. The van der Waals surface area contributed by atoms with E-state index in [9.17, 15) is 0 Å². The maximum absolute atomic E-state index is 9.11. The van der Waals surface area contributed by atoms with Crippen LogP contribution in [0.25, 0.3) is 16.9 Å². The molecule has 3 rings (SSSR count). The van der Waals surface area contributed by atoms with Crippen LogP contribution >= 0.6 is 0 Å². The Hall–Kier alpha value is -2.74. The van der Waals surface area contributed by atoms with E-state index in [1.807, 2.05) is 24.3 Å². The molecule has 3 aromatic heterocycles. The van der Waals surface area contributed by atoms with Gasteiger partial charge in [0.1, 0.15) is 6.07 Å². The lowest BCUT2D eigenvalue weighted by Gasteiger charge is -2.01. The van der Waals surface area contributed by atoms with Gasteiger partial charge in [0, 0.05) is 18.0 Å². The maximum Gasteiger partial charge on any atom is 0.165 e. The van der Waals surface area contributed by atoms with Gasteiger partial charge in [-0.2, -0.15) is 10.4 Å². The standard InChI is InChI=1S/C13H9N5/c1-9-12(8-14)18-13(16-9)3-2-11(17-18)10-4-6-15-7-5-10/h2-7H,1H3. The van der Waals surface area contributed by atoms with Crippen LogP contribution in [0.1, 0.15) is 11.4 Å². The second-order valence-electron chi connectivity index (χ2n) is 3.88. The third kappa shape index (κ3) is 1.52. The smallest absolute Gasteiger partial charge is 0.165 e. The van der Waals surface area contributed by atoms with E-state index in [1.54, 1.807) is 23.8 Å². The Morgan fingerprint density at radius 3 is 2.67 bits per heavy atom. The van der Waals surface area contributed by atoms with E-state index in [4.69, 9.17) is 5.26 Å². The van der Waals surface area contributed by atoms with Crippen molar-refractivity contribution in [3.05, 3.63) is 48.0 Å². The van der Waals surface area contributed by atoms with Crippen molar-refractivity contribution in [1.82, 2.24) is 19.6 Å². The molecule has 0 aliphatic heterocycles. The molecular weight excluding hydrogens is 226 g/mol. The van der Waals surface area contributed by atoms with Crippen LogP contribution in [-0.4, -0.2) is 19.6 Å². The van der Waals surface area contributed by atoms with Crippen LogP contribution in [0.15, 0.2) is 36.7 Å². The molecular formula is C13H9N5. The number of imidazole rings is 1. The summed E-state index contributed by atoms with van der Waals surface area (Å²) in [5, 5.41) is 13.5. The number of fused-ring (bicyclic) bond motifs is 1. The molecule has 3 aromatic rings. The molecule has 5 nitrogen and oxygen atoms in total. The van der Waals surface area contributed by atoms with Gasteiger partial charge in [0.05, 0.1) is 11.4 Å². The lowest BCUT2D eigenvalue weighted by molar-refractivity contribution is 0.924. The molecule has 0 fully saturated rings. The zero-order valence-corrected chi connectivity index (χ0v) is 9.70. The number of pyridine rings is 1. The Kier molecular flexibility index (Phi) is 2.27. The predicted molar refractivity (Wildman–Crippen MR) is 65.7 cm³/mol. The summed E-state index contributed by atoms with van der Waals surface area (Å²) in [6.45, 7) is 1.80. The van der Waals surface area contributed by atoms with Crippen molar-refractivity contribution in [3.8, 4) is 17.3 Å². The Balaban J connectivity index is 2.26. The number of nitriles is 1. The summed E-state index contributed by atoms with van der Waals surface area (Å²) in [6, 6.07) is 9.63. The highest BCUT2D eigenvalue weighted by atomic mass is 15.3. The van der Waals surface area contributed by atoms with Crippen LogP contribution in [0.3, 0.4) is 0 Å². The maximum atomic E-state index is 9.11. The molecule has 0 amide bonds. The second kappa shape index (κ2) is 3.93. The Morgan fingerprint density at radius 2 is 1.94 bits per heavy atom. The first-order valence-corrected chi connectivity index (χ1v) is 5.46. The highest BCUT2D eigenvalue weighted by Gasteiger charge is 2.10. The van der Waals surface area contributed by atoms with Crippen LogP contribution in [0, 0.1) is 18.3 Å². The van der Waals surface area contributed by atoms with E-state index in [0.29, 0.717) is 17.0 Å². The third-order valence-electron chi connectivity index (χ3n) is 2.73. The average Bonchev–Trinajstić information content (AvgIpc) is 2.74. The molecule has 86 valence electrons. The Labute approximate surface area is 103 Å². The SMILES string of the molecule is Cc1nc2ccc(-c3ccncc3)nn2c1C#N. The molecule has 0 aliphatic rings. The highest BCUT2D eigenvalue weighted by Crippen LogP contribution is 2.17. The largest absolute Gasteiger partial charge is 0.265 e. The van der Waals surface area contributed by atoms with Gasteiger partial charge < -0.3 is 0 Å². The second-order valence-corrected chi connectivity index (χ2v) is 3.88. The zero-order chi connectivity index (χ0) is 12.5. The molecule has 0 saturated heterocycles. The van der Waals surface area contributed by atoms with Crippen LogP contribution in [-0.2, 0) is 0 Å². The summed E-state index contributed by atoms with van der Waals surface area (Å²) in [6.07, 6.45) is 3.43.